The quantitative estimate of drug-likeness (QED) is 0.223. The molecule has 0 bridgehead atoms. The van der Waals surface area contributed by atoms with Crippen molar-refractivity contribution in [1.82, 2.24) is 0 Å². The number of aliphatic hydroxyl groups is 6. The largest absolute Gasteiger partial charge is 0.393 e. The third-order valence-corrected chi connectivity index (χ3v) is 20.6. The standard InChI is InChI=1S/C60H86O19/c1-28-19-42-44(22-48-54(76-42)30(3)52(65)58-55(77-48)29(2)31(4)60(79-58)25-33(63)27-67-60)73-46-24-51-59(5,78-47(46)20-28)50(64)23-45-36(74-51)11-7-6-10-35-37(71-45)15-16-39-38(69-35)17-18-40-43(70-39)21-49-57(75-40)53(66)56-41(72-49)12-8-9-34(68-56)14-13-32(62)26-61/h6-9,13-18,28-58,61-66H,10-12,19-27H2,1-5H3/b7-6-,14-13+/t28-,29+,30+,31+,32+,33+,34-,35-,36+,37+,38+,39-,40-,41+,42+,43+,44-,45-,46+,47-,48+,49-,50-,51-,52+,53+,54-,55-,56+,57-,58+,59+,60-/m1/s1. The summed E-state index contributed by atoms with van der Waals surface area (Å²) in [5.74, 6) is -1.19. The number of hydrogen-bond donors (Lipinski definition) is 6. The van der Waals surface area contributed by atoms with E-state index in [4.69, 9.17) is 61.6 Å². The predicted molar refractivity (Wildman–Crippen MR) is 279 cm³/mol. The summed E-state index contributed by atoms with van der Waals surface area (Å²) in [6.45, 7) is 10.3. The van der Waals surface area contributed by atoms with Gasteiger partial charge < -0.3 is 92.2 Å². The molecule has 0 aromatic rings. The van der Waals surface area contributed by atoms with E-state index in [1.807, 2.05) is 50.3 Å². The summed E-state index contributed by atoms with van der Waals surface area (Å²) in [4.78, 5) is 0. The van der Waals surface area contributed by atoms with Crippen molar-refractivity contribution < 1.29 is 92.2 Å². The highest BCUT2D eigenvalue weighted by atomic mass is 16.7. The maximum Gasteiger partial charge on any atom is 0.174 e. The molecule has 0 aromatic heterocycles. The van der Waals surface area contributed by atoms with E-state index in [0.717, 1.165) is 6.42 Å². The lowest BCUT2D eigenvalue weighted by molar-refractivity contribution is -0.339. The van der Waals surface area contributed by atoms with Gasteiger partial charge in [0.1, 0.15) is 54.4 Å². The predicted octanol–water partition coefficient (Wildman–Crippen LogP) is 2.97. The van der Waals surface area contributed by atoms with Gasteiger partial charge in [0, 0.05) is 43.9 Å². The first-order chi connectivity index (χ1) is 38.0. The highest BCUT2D eigenvalue weighted by molar-refractivity contribution is 5.18. The van der Waals surface area contributed by atoms with Crippen LogP contribution in [0.2, 0.25) is 0 Å². The fourth-order valence-corrected chi connectivity index (χ4v) is 15.9. The Labute approximate surface area is 463 Å². The molecule has 440 valence electrons. The second-order valence-electron chi connectivity index (χ2n) is 25.9. The molecule has 0 aromatic carbocycles. The van der Waals surface area contributed by atoms with Crippen LogP contribution in [-0.4, -0.2) is 220 Å². The molecule has 0 radical (unpaired) electrons. The molecule has 1 spiro atoms. The number of aliphatic hydroxyl groups excluding tert-OH is 6. The van der Waals surface area contributed by atoms with E-state index in [1.165, 1.54) is 6.08 Å². The van der Waals surface area contributed by atoms with Gasteiger partial charge in [-0.3, -0.25) is 0 Å². The SMILES string of the molecule is C[C@@H]1C[C@@H]2O[C@@H]3[C@@H](C)[C@H](O)[C@@H]4O[C@]5(C[C@H](O)CO5)[C@@H](C)[C@H](C)[C@H]4O[C@H]3C[C@H]2O[C@H]2C[C@H]3O[C@H]4C/C=C\C[C@H]5O[C@H]6C=C[C@H]7O[C@H]8[C@@H](O)[C@H]9O[C@@H](/C=C/[C@H](O)CO)C=CC[C@@H]9O[C@@H]8C[C@@H]7O[C@@H]6C=C[C@@H]5O[C@@H]4C[C@@H](O)[C@]3(C)O[C@@H]2C1. The van der Waals surface area contributed by atoms with Crippen molar-refractivity contribution in [2.24, 2.45) is 23.7 Å². The van der Waals surface area contributed by atoms with E-state index in [0.29, 0.717) is 57.8 Å². The third-order valence-electron chi connectivity index (χ3n) is 20.6. The van der Waals surface area contributed by atoms with Crippen LogP contribution >= 0.6 is 0 Å². The fraction of sp³-hybridized carbons (Fsp3) is 0.833. The van der Waals surface area contributed by atoms with Gasteiger partial charge in [0.15, 0.2) is 5.79 Å². The molecule has 13 heterocycles. The molecule has 19 heteroatoms. The van der Waals surface area contributed by atoms with Crippen molar-refractivity contribution >= 4 is 0 Å². The molecule has 13 aliphatic heterocycles. The Kier molecular flexibility index (Phi) is 15.9. The minimum atomic E-state index is -1.04. The van der Waals surface area contributed by atoms with Crippen molar-refractivity contribution in [3.05, 3.63) is 60.8 Å². The minimum Gasteiger partial charge on any atom is -0.393 e. The lowest BCUT2D eigenvalue weighted by Gasteiger charge is -2.53. The van der Waals surface area contributed by atoms with Crippen LogP contribution in [0.1, 0.15) is 98.8 Å². The molecule has 19 nitrogen and oxygen atoms in total. The summed E-state index contributed by atoms with van der Waals surface area (Å²) < 4.78 is 89.0. The minimum absolute atomic E-state index is 0.0318. The van der Waals surface area contributed by atoms with Gasteiger partial charge in [0.2, 0.25) is 0 Å². The van der Waals surface area contributed by atoms with Crippen LogP contribution in [0.25, 0.3) is 0 Å². The average molecular weight is 1110 g/mol. The zero-order valence-electron chi connectivity index (χ0n) is 46.1. The molecule has 33 atom stereocenters. The zero-order chi connectivity index (χ0) is 54.6. The molecule has 0 aliphatic carbocycles. The van der Waals surface area contributed by atoms with Crippen molar-refractivity contribution in [2.75, 3.05) is 13.2 Å². The Bertz CT molecular complexity index is 2300. The van der Waals surface area contributed by atoms with Crippen LogP contribution in [0.5, 0.6) is 0 Å². The van der Waals surface area contributed by atoms with Gasteiger partial charge in [-0.05, 0) is 50.9 Å². The molecule has 0 amide bonds. The van der Waals surface area contributed by atoms with Crippen LogP contribution in [0, 0.1) is 23.7 Å². The second-order valence-corrected chi connectivity index (χ2v) is 25.9. The summed E-state index contributed by atoms with van der Waals surface area (Å²) in [7, 11) is 0. The van der Waals surface area contributed by atoms with Crippen LogP contribution in [0.15, 0.2) is 60.8 Å². The van der Waals surface area contributed by atoms with Crippen LogP contribution in [0.3, 0.4) is 0 Å². The van der Waals surface area contributed by atoms with Gasteiger partial charge in [0.05, 0.1) is 129 Å². The normalized spacial score (nSPS) is 56.8. The number of rotatable bonds is 3. The molecule has 0 saturated carbocycles. The summed E-state index contributed by atoms with van der Waals surface area (Å²) in [5, 5.41) is 65.9. The van der Waals surface area contributed by atoms with Gasteiger partial charge in [-0.25, -0.2) is 0 Å². The van der Waals surface area contributed by atoms with E-state index in [-0.39, 0.29) is 79.1 Å². The van der Waals surface area contributed by atoms with Gasteiger partial charge in [-0.1, -0.05) is 88.5 Å². The van der Waals surface area contributed by atoms with E-state index in [2.05, 4.69) is 32.9 Å². The molecular formula is C60H86O19. The summed E-state index contributed by atoms with van der Waals surface area (Å²) >= 11 is 0. The Morgan fingerprint density at radius 3 is 1.91 bits per heavy atom. The number of fused-ring (bicyclic) bond motifs is 11. The molecule has 6 N–H and O–H groups in total. The Morgan fingerprint density at radius 2 is 1.14 bits per heavy atom. The highest BCUT2D eigenvalue weighted by Gasteiger charge is 2.63. The van der Waals surface area contributed by atoms with Crippen molar-refractivity contribution in [3.63, 3.8) is 0 Å². The number of hydrogen-bond acceptors (Lipinski definition) is 19. The molecule has 79 heavy (non-hydrogen) atoms. The monoisotopic (exact) mass is 1110 g/mol. The first-order valence-corrected chi connectivity index (χ1v) is 30.0. The zero-order valence-corrected chi connectivity index (χ0v) is 46.1. The fourth-order valence-electron chi connectivity index (χ4n) is 15.9. The topological polar surface area (TPSA) is 241 Å². The second kappa shape index (κ2) is 22.4. The average Bonchev–Trinajstić information content (AvgIpc) is 3.66. The molecule has 0 unspecified atom stereocenters. The van der Waals surface area contributed by atoms with Crippen LogP contribution < -0.4 is 0 Å². The Morgan fingerprint density at radius 1 is 0.519 bits per heavy atom. The first kappa shape index (κ1) is 56.1. The van der Waals surface area contributed by atoms with Crippen molar-refractivity contribution in [3.8, 4) is 0 Å². The van der Waals surface area contributed by atoms with Gasteiger partial charge in [-0.15, -0.1) is 0 Å². The van der Waals surface area contributed by atoms with Gasteiger partial charge in [0.25, 0.3) is 0 Å². The lowest BCUT2D eigenvalue weighted by Crippen LogP contribution is -2.63. The summed E-state index contributed by atoms with van der Waals surface area (Å²) in [6, 6.07) is 0. The lowest BCUT2D eigenvalue weighted by atomic mass is 9.75. The summed E-state index contributed by atoms with van der Waals surface area (Å²) in [6.07, 6.45) is 10.5. The molecule has 13 aliphatic rings. The van der Waals surface area contributed by atoms with Crippen molar-refractivity contribution in [1.29, 1.82) is 0 Å². The van der Waals surface area contributed by atoms with E-state index < -0.39 is 134 Å². The third kappa shape index (κ3) is 10.5. The van der Waals surface area contributed by atoms with Crippen molar-refractivity contribution in [2.45, 2.75) is 275 Å². The maximum atomic E-state index is 12.4. The number of ether oxygens (including phenoxy) is 13. The molecule has 9 fully saturated rings. The Hall–Kier alpha value is -2.06. The van der Waals surface area contributed by atoms with Crippen LogP contribution in [0.4, 0.5) is 0 Å². The van der Waals surface area contributed by atoms with Gasteiger partial charge >= 0.3 is 0 Å². The summed E-state index contributed by atoms with van der Waals surface area (Å²) in [5.41, 5.74) is -1.04. The van der Waals surface area contributed by atoms with E-state index >= 15 is 0 Å². The molecular weight excluding hydrogens is 1020 g/mol. The first-order valence-electron chi connectivity index (χ1n) is 30.0. The molecule has 13 rings (SSSR count). The Balaban J connectivity index is 0.677. The highest BCUT2D eigenvalue weighted by Crippen LogP contribution is 2.52. The maximum absolute atomic E-state index is 12.4. The van der Waals surface area contributed by atoms with E-state index in [9.17, 15) is 30.6 Å². The van der Waals surface area contributed by atoms with Gasteiger partial charge in [-0.2, -0.15) is 0 Å². The molecule has 9 saturated heterocycles. The smallest absolute Gasteiger partial charge is 0.174 e. The van der Waals surface area contributed by atoms with E-state index in [1.54, 1.807) is 6.08 Å². The van der Waals surface area contributed by atoms with Crippen LogP contribution in [-0.2, 0) is 61.6 Å².